The molecule has 23 heavy (non-hydrogen) atoms. The van der Waals surface area contributed by atoms with Crippen LogP contribution in [0.15, 0.2) is 23.1 Å². The van der Waals surface area contributed by atoms with Crippen molar-refractivity contribution < 1.29 is 13.2 Å². The first-order chi connectivity index (χ1) is 10.6. The number of rotatable bonds is 7. The zero-order valence-corrected chi connectivity index (χ0v) is 15.8. The molecule has 0 aromatic heterocycles. The molecule has 0 aliphatic carbocycles. The minimum absolute atomic E-state index is 0.0129. The topological polar surface area (TPSA) is 66.5 Å². The summed E-state index contributed by atoms with van der Waals surface area (Å²) < 4.78 is 26.6. The second-order valence-corrected chi connectivity index (χ2v) is 8.05. The predicted octanol–water partition coefficient (Wildman–Crippen LogP) is 3.14. The van der Waals surface area contributed by atoms with Crippen LogP contribution in [0.1, 0.15) is 45.0 Å². The maximum absolute atomic E-state index is 12.6. The molecule has 1 rings (SSSR count). The lowest BCUT2D eigenvalue weighted by Crippen LogP contribution is -2.36. The van der Waals surface area contributed by atoms with E-state index in [2.05, 4.69) is 5.32 Å². The SMILES string of the molecule is CCN(CC)S(=O)(=O)c1cc(C(=O)N[C@H](C)C(C)C)ccc1Cl. The summed E-state index contributed by atoms with van der Waals surface area (Å²) >= 11 is 6.06. The number of benzene rings is 1. The summed E-state index contributed by atoms with van der Waals surface area (Å²) in [6, 6.07) is 4.32. The molecule has 7 heteroatoms. The molecule has 0 aliphatic rings. The van der Waals surface area contributed by atoms with E-state index in [1.165, 1.54) is 22.5 Å². The van der Waals surface area contributed by atoms with Crippen LogP contribution >= 0.6 is 11.6 Å². The number of carbonyl (C=O) groups excluding carboxylic acids is 1. The normalized spacial score (nSPS) is 13.4. The molecule has 0 spiro atoms. The summed E-state index contributed by atoms with van der Waals surface area (Å²) in [5.41, 5.74) is 0.285. The Labute approximate surface area is 144 Å². The molecule has 0 fully saturated rings. The number of nitrogens with one attached hydrogen (secondary N) is 1. The van der Waals surface area contributed by atoms with E-state index in [-0.39, 0.29) is 33.3 Å². The molecule has 130 valence electrons. The van der Waals surface area contributed by atoms with Gasteiger partial charge in [0.05, 0.1) is 5.02 Å². The number of hydrogen-bond acceptors (Lipinski definition) is 3. The molecule has 1 aromatic carbocycles. The molecule has 1 N–H and O–H groups in total. The highest BCUT2D eigenvalue weighted by Crippen LogP contribution is 2.26. The molecule has 0 aliphatic heterocycles. The Morgan fingerprint density at radius 3 is 2.26 bits per heavy atom. The van der Waals surface area contributed by atoms with Crippen LogP contribution in [0.4, 0.5) is 0 Å². The van der Waals surface area contributed by atoms with Gasteiger partial charge >= 0.3 is 0 Å². The van der Waals surface area contributed by atoms with Gasteiger partial charge in [0.25, 0.3) is 5.91 Å². The fourth-order valence-electron chi connectivity index (χ4n) is 2.00. The fourth-order valence-corrected chi connectivity index (χ4v) is 3.96. The van der Waals surface area contributed by atoms with Crippen molar-refractivity contribution in [2.24, 2.45) is 5.92 Å². The predicted molar refractivity (Wildman–Crippen MR) is 93.3 cm³/mol. The lowest BCUT2D eigenvalue weighted by molar-refractivity contribution is 0.0930. The van der Waals surface area contributed by atoms with E-state index in [0.29, 0.717) is 13.1 Å². The monoisotopic (exact) mass is 360 g/mol. The van der Waals surface area contributed by atoms with Crippen molar-refractivity contribution in [3.8, 4) is 0 Å². The van der Waals surface area contributed by atoms with Gasteiger partial charge in [-0.1, -0.05) is 39.3 Å². The van der Waals surface area contributed by atoms with E-state index in [1.54, 1.807) is 13.8 Å². The molecular weight excluding hydrogens is 336 g/mol. The van der Waals surface area contributed by atoms with Crippen LogP contribution in [0.2, 0.25) is 5.02 Å². The fraction of sp³-hybridized carbons (Fsp3) is 0.562. The van der Waals surface area contributed by atoms with Gasteiger partial charge in [0.2, 0.25) is 10.0 Å². The van der Waals surface area contributed by atoms with Crippen molar-refractivity contribution in [3.05, 3.63) is 28.8 Å². The molecular formula is C16H25ClN2O3S. The summed E-state index contributed by atoms with van der Waals surface area (Å²) in [6.07, 6.45) is 0. The average molecular weight is 361 g/mol. The Balaban J connectivity index is 3.21. The van der Waals surface area contributed by atoms with Crippen LogP contribution in [-0.2, 0) is 10.0 Å². The highest BCUT2D eigenvalue weighted by molar-refractivity contribution is 7.89. The van der Waals surface area contributed by atoms with Gasteiger partial charge < -0.3 is 5.32 Å². The summed E-state index contributed by atoms with van der Waals surface area (Å²) in [6.45, 7) is 10.1. The first-order valence-electron chi connectivity index (χ1n) is 7.75. The first-order valence-corrected chi connectivity index (χ1v) is 9.57. The number of amides is 1. The second kappa shape index (κ2) is 8.13. The van der Waals surface area contributed by atoms with Gasteiger partial charge in [-0.15, -0.1) is 0 Å². The zero-order valence-electron chi connectivity index (χ0n) is 14.3. The third-order valence-corrected chi connectivity index (χ3v) is 6.41. The number of sulfonamides is 1. The summed E-state index contributed by atoms with van der Waals surface area (Å²) in [5.74, 6) is -0.0241. The molecule has 1 atom stereocenters. The molecule has 1 amide bonds. The van der Waals surface area contributed by atoms with Crippen molar-refractivity contribution >= 4 is 27.5 Å². The number of halogens is 1. The number of carbonyl (C=O) groups is 1. The molecule has 0 heterocycles. The van der Waals surface area contributed by atoms with Crippen molar-refractivity contribution in [2.75, 3.05) is 13.1 Å². The van der Waals surface area contributed by atoms with Gasteiger partial charge in [-0.2, -0.15) is 4.31 Å². The zero-order chi connectivity index (χ0) is 17.8. The molecule has 0 saturated heterocycles. The third kappa shape index (κ3) is 4.68. The van der Waals surface area contributed by atoms with Crippen molar-refractivity contribution in [3.63, 3.8) is 0 Å². The Morgan fingerprint density at radius 2 is 1.78 bits per heavy atom. The van der Waals surface area contributed by atoms with Crippen LogP contribution in [0.5, 0.6) is 0 Å². The van der Waals surface area contributed by atoms with Gasteiger partial charge in [0.15, 0.2) is 0 Å². The van der Waals surface area contributed by atoms with Crippen LogP contribution < -0.4 is 5.32 Å². The highest BCUT2D eigenvalue weighted by Gasteiger charge is 2.25. The molecule has 0 radical (unpaired) electrons. The average Bonchev–Trinajstić information content (AvgIpc) is 2.48. The molecule has 0 unspecified atom stereocenters. The van der Waals surface area contributed by atoms with E-state index in [1.807, 2.05) is 20.8 Å². The summed E-state index contributed by atoms with van der Waals surface area (Å²) in [5, 5.41) is 2.98. The minimum atomic E-state index is -3.71. The lowest BCUT2D eigenvalue weighted by Gasteiger charge is -2.20. The van der Waals surface area contributed by atoms with E-state index >= 15 is 0 Å². The standard InChI is InChI=1S/C16H25ClN2O3S/c1-6-19(7-2)23(21,22)15-10-13(8-9-14(15)17)16(20)18-12(5)11(3)4/h8-12H,6-7H2,1-5H3,(H,18,20)/t12-/m1/s1. The van der Waals surface area contributed by atoms with Crippen molar-refractivity contribution in [2.45, 2.75) is 45.6 Å². The van der Waals surface area contributed by atoms with Gasteiger partial charge in [-0.25, -0.2) is 8.42 Å². The van der Waals surface area contributed by atoms with Crippen LogP contribution in [0, 0.1) is 5.92 Å². The summed E-state index contributed by atoms with van der Waals surface area (Å²) in [7, 11) is -3.71. The molecule has 0 saturated carbocycles. The molecule has 5 nitrogen and oxygen atoms in total. The molecule has 0 bridgehead atoms. The second-order valence-electron chi connectivity index (χ2n) is 5.74. The Bertz CT molecular complexity index is 655. The van der Waals surface area contributed by atoms with Crippen LogP contribution in [-0.4, -0.2) is 37.8 Å². The van der Waals surface area contributed by atoms with Gasteiger partial charge in [-0.05, 0) is 31.0 Å². The maximum Gasteiger partial charge on any atom is 0.251 e. The van der Waals surface area contributed by atoms with Crippen molar-refractivity contribution in [1.82, 2.24) is 9.62 Å². The Morgan fingerprint density at radius 1 is 1.22 bits per heavy atom. The first kappa shape index (κ1) is 19.9. The van der Waals surface area contributed by atoms with Gasteiger partial charge in [-0.3, -0.25) is 4.79 Å². The van der Waals surface area contributed by atoms with Gasteiger partial charge in [0, 0.05) is 24.7 Å². The molecule has 1 aromatic rings. The number of nitrogens with zero attached hydrogens (tertiary/aromatic N) is 1. The largest absolute Gasteiger partial charge is 0.349 e. The van der Waals surface area contributed by atoms with Gasteiger partial charge in [0.1, 0.15) is 4.90 Å². The summed E-state index contributed by atoms with van der Waals surface area (Å²) in [4.78, 5) is 12.3. The van der Waals surface area contributed by atoms with E-state index < -0.39 is 10.0 Å². The van der Waals surface area contributed by atoms with E-state index in [0.717, 1.165) is 0 Å². The quantitative estimate of drug-likeness (QED) is 0.812. The van der Waals surface area contributed by atoms with E-state index in [9.17, 15) is 13.2 Å². The lowest BCUT2D eigenvalue weighted by atomic mass is 10.1. The third-order valence-electron chi connectivity index (χ3n) is 3.88. The maximum atomic E-state index is 12.6. The Hall–Kier alpha value is -1.11. The Kier molecular flexibility index (Phi) is 7.04. The highest BCUT2D eigenvalue weighted by atomic mass is 35.5. The minimum Gasteiger partial charge on any atom is -0.349 e. The van der Waals surface area contributed by atoms with E-state index in [4.69, 9.17) is 11.6 Å². The van der Waals surface area contributed by atoms with Crippen LogP contribution in [0.25, 0.3) is 0 Å². The number of hydrogen-bond donors (Lipinski definition) is 1. The smallest absolute Gasteiger partial charge is 0.251 e. The van der Waals surface area contributed by atoms with Crippen LogP contribution in [0.3, 0.4) is 0 Å². The van der Waals surface area contributed by atoms with Crippen molar-refractivity contribution in [1.29, 1.82) is 0 Å².